The van der Waals surface area contributed by atoms with Crippen LogP contribution in [0.2, 0.25) is 0 Å². The number of carbonyl (C=O) groups is 1. The van der Waals surface area contributed by atoms with Crippen LogP contribution in [0.15, 0.2) is 53.0 Å². The second-order valence-electron chi connectivity index (χ2n) is 6.99. The number of hydrogen-bond acceptors (Lipinski definition) is 4. The van der Waals surface area contributed by atoms with E-state index in [1.807, 2.05) is 0 Å². The second kappa shape index (κ2) is 8.59. The molecule has 32 heavy (non-hydrogen) atoms. The number of carbonyl (C=O) groups excluding carboxylic acids is 1. The minimum absolute atomic E-state index is 0.0613. The maximum atomic E-state index is 13.3. The largest absolute Gasteiger partial charge is 0.433 e. The summed E-state index contributed by atoms with van der Waals surface area (Å²) in [7, 11) is 0. The van der Waals surface area contributed by atoms with Crippen molar-refractivity contribution in [1.29, 1.82) is 0 Å². The van der Waals surface area contributed by atoms with E-state index in [0.717, 1.165) is 11.6 Å². The summed E-state index contributed by atoms with van der Waals surface area (Å²) in [5.41, 5.74) is 0.159. The van der Waals surface area contributed by atoms with Crippen molar-refractivity contribution in [2.45, 2.75) is 19.5 Å². The van der Waals surface area contributed by atoms with Gasteiger partial charge in [-0.25, -0.2) is 14.4 Å². The number of thiazole rings is 1. The third-order valence-electron chi connectivity index (χ3n) is 4.64. The maximum Gasteiger partial charge on any atom is 0.433 e. The molecule has 4 aromatic rings. The lowest BCUT2D eigenvalue weighted by atomic mass is 10.1. The molecule has 0 saturated carbocycles. The highest BCUT2D eigenvalue weighted by Crippen LogP contribution is 2.33. The van der Waals surface area contributed by atoms with Gasteiger partial charge in [-0.3, -0.25) is 4.79 Å². The van der Waals surface area contributed by atoms with Crippen molar-refractivity contribution in [1.82, 2.24) is 9.97 Å². The molecule has 0 bridgehead atoms. The van der Waals surface area contributed by atoms with Gasteiger partial charge in [-0.15, -0.1) is 11.3 Å². The fourth-order valence-electron chi connectivity index (χ4n) is 3.12. The van der Waals surface area contributed by atoms with E-state index in [2.05, 4.69) is 31.2 Å². The summed E-state index contributed by atoms with van der Waals surface area (Å²) < 4.78 is 53.7. The van der Waals surface area contributed by atoms with Crippen LogP contribution >= 0.6 is 27.3 Å². The van der Waals surface area contributed by atoms with Gasteiger partial charge in [0.25, 0.3) is 5.91 Å². The second-order valence-corrected chi connectivity index (χ2v) is 8.99. The molecule has 1 N–H and O–H groups in total. The maximum absolute atomic E-state index is 13.3. The molecule has 0 unspecified atom stereocenters. The quantitative estimate of drug-likeness (QED) is 0.300. The Kier molecular flexibility index (Phi) is 6.00. The normalized spacial score (nSPS) is 11.7. The number of rotatable bonds is 4. The van der Waals surface area contributed by atoms with E-state index in [9.17, 15) is 22.4 Å². The minimum atomic E-state index is -4.70. The van der Waals surface area contributed by atoms with Gasteiger partial charge in [-0.05, 0) is 48.9 Å². The molecule has 0 aliphatic rings. The number of nitrogens with zero attached hydrogens (tertiary/aromatic N) is 2. The summed E-state index contributed by atoms with van der Waals surface area (Å²) in [5, 5.41) is 4.08. The summed E-state index contributed by atoms with van der Waals surface area (Å²) in [5.74, 6) is -1.03. The zero-order valence-electron chi connectivity index (χ0n) is 16.4. The molecule has 2 aromatic carbocycles. The predicted octanol–water partition coefficient (Wildman–Crippen LogP) is 6.76. The Bertz CT molecular complexity index is 1320. The van der Waals surface area contributed by atoms with Crippen LogP contribution in [0.3, 0.4) is 0 Å². The first-order valence-electron chi connectivity index (χ1n) is 9.30. The van der Waals surface area contributed by atoms with Crippen LogP contribution in [0, 0.1) is 12.7 Å². The van der Waals surface area contributed by atoms with Gasteiger partial charge in [0.1, 0.15) is 16.5 Å². The Labute approximate surface area is 192 Å². The molecule has 2 heterocycles. The molecule has 4 rings (SSSR count). The summed E-state index contributed by atoms with van der Waals surface area (Å²) >= 11 is 4.49. The van der Waals surface area contributed by atoms with Crippen molar-refractivity contribution in [3.63, 3.8) is 0 Å². The average molecular weight is 524 g/mol. The number of aromatic nitrogens is 2. The average Bonchev–Trinajstić information content (AvgIpc) is 3.06. The fourth-order valence-corrected chi connectivity index (χ4v) is 4.48. The van der Waals surface area contributed by atoms with Crippen molar-refractivity contribution < 1.29 is 22.4 Å². The summed E-state index contributed by atoms with van der Waals surface area (Å²) in [4.78, 5) is 21.1. The highest BCUT2D eigenvalue weighted by atomic mass is 79.9. The smallest absolute Gasteiger partial charge is 0.312 e. The van der Waals surface area contributed by atoms with Gasteiger partial charge in [0.05, 0.1) is 21.8 Å². The molecule has 1 amide bonds. The van der Waals surface area contributed by atoms with Gasteiger partial charge < -0.3 is 5.32 Å². The third-order valence-corrected chi connectivity index (χ3v) is 6.21. The van der Waals surface area contributed by atoms with Gasteiger partial charge in [0.15, 0.2) is 0 Å². The number of halogens is 5. The van der Waals surface area contributed by atoms with Gasteiger partial charge in [0, 0.05) is 16.3 Å². The number of anilines is 1. The van der Waals surface area contributed by atoms with Crippen molar-refractivity contribution in [2.24, 2.45) is 0 Å². The van der Waals surface area contributed by atoms with E-state index >= 15 is 0 Å². The summed E-state index contributed by atoms with van der Waals surface area (Å²) in [6.45, 7) is 1.70. The van der Waals surface area contributed by atoms with Crippen molar-refractivity contribution in [2.75, 3.05) is 5.32 Å². The van der Waals surface area contributed by atoms with E-state index in [1.54, 1.807) is 31.2 Å². The Hall–Kier alpha value is -2.85. The molecular weight excluding hydrogens is 510 g/mol. The van der Waals surface area contributed by atoms with Crippen LogP contribution in [0.1, 0.15) is 32.3 Å². The predicted molar refractivity (Wildman–Crippen MR) is 118 cm³/mol. The fraction of sp³-hybridized carbons (Fsp3) is 0.136. The Morgan fingerprint density at radius 3 is 2.50 bits per heavy atom. The van der Waals surface area contributed by atoms with Crippen LogP contribution in [-0.4, -0.2) is 15.9 Å². The monoisotopic (exact) mass is 523 g/mol. The van der Waals surface area contributed by atoms with Crippen LogP contribution < -0.4 is 5.32 Å². The lowest BCUT2D eigenvalue weighted by Crippen LogP contribution is -2.16. The number of nitrogens with one attached hydrogen (secondary N) is 1. The third kappa shape index (κ3) is 4.81. The number of hydrogen-bond donors (Lipinski definition) is 1. The molecule has 0 radical (unpaired) electrons. The molecule has 2 aromatic heterocycles. The molecule has 0 spiro atoms. The Morgan fingerprint density at radius 2 is 1.81 bits per heavy atom. The number of benzene rings is 2. The number of pyridine rings is 1. The first-order valence-corrected chi connectivity index (χ1v) is 10.9. The van der Waals surface area contributed by atoms with Crippen molar-refractivity contribution in [3.8, 4) is 0 Å². The number of amides is 1. The van der Waals surface area contributed by atoms with Crippen LogP contribution in [0.25, 0.3) is 10.9 Å². The zero-order chi connectivity index (χ0) is 23.0. The first-order chi connectivity index (χ1) is 15.1. The van der Waals surface area contributed by atoms with Gasteiger partial charge >= 0.3 is 6.18 Å². The number of alkyl halides is 3. The lowest BCUT2D eigenvalue weighted by Gasteiger charge is -2.12. The first kappa shape index (κ1) is 22.3. The van der Waals surface area contributed by atoms with Crippen LogP contribution in [-0.2, 0) is 12.6 Å². The van der Waals surface area contributed by atoms with E-state index < -0.39 is 17.8 Å². The van der Waals surface area contributed by atoms with Gasteiger partial charge in [-0.2, -0.15) is 13.2 Å². The van der Waals surface area contributed by atoms with Gasteiger partial charge in [0.2, 0.25) is 0 Å². The summed E-state index contributed by atoms with van der Waals surface area (Å²) in [6.07, 6.45) is -4.26. The van der Waals surface area contributed by atoms with Crippen molar-refractivity contribution in [3.05, 3.63) is 86.3 Å². The number of fused-ring (bicyclic) bond motifs is 1. The highest BCUT2D eigenvalue weighted by molar-refractivity contribution is 9.10. The molecular formula is C22H14BrF4N3OS. The molecule has 164 valence electrons. The lowest BCUT2D eigenvalue weighted by molar-refractivity contribution is -0.140. The Balaban J connectivity index is 1.66. The van der Waals surface area contributed by atoms with E-state index in [-0.39, 0.29) is 16.9 Å². The highest BCUT2D eigenvalue weighted by Gasteiger charge is 2.34. The standard InChI is InChI=1S/C22H14BrF4N3OS/c1-11-21(32-19(28-11)8-12-2-5-14(24)6-3-12)30-20(31)16-10-18(22(25,26)27)29-17-7-4-13(23)9-15(16)17/h2-7,9-10H,8H2,1H3,(H,30,31). The number of aryl methyl sites for hydroxylation is 1. The van der Waals surface area contributed by atoms with E-state index in [4.69, 9.17) is 0 Å². The minimum Gasteiger partial charge on any atom is -0.312 e. The van der Waals surface area contributed by atoms with Crippen LogP contribution in [0.4, 0.5) is 22.6 Å². The molecule has 0 saturated heterocycles. The van der Waals surface area contributed by atoms with E-state index in [0.29, 0.717) is 32.0 Å². The molecule has 0 fully saturated rings. The molecule has 4 nitrogen and oxygen atoms in total. The molecule has 0 aliphatic carbocycles. The molecule has 10 heteroatoms. The molecule has 0 aliphatic heterocycles. The molecule has 0 atom stereocenters. The van der Waals surface area contributed by atoms with E-state index in [1.165, 1.54) is 29.5 Å². The van der Waals surface area contributed by atoms with Crippen LogP contribution in [0.5, 0.6) is 0 Å². The topological polar surface area (TPSA) is 54.9 Å². The SMILES string of the molecule is Cc1nc(Cc2ccc(F)cc2)sc1NC(=O)c1cc(C(F)(F)F)nc2ccc(Br)cc12. The zero-order valence-corrected chi connectivity index (χ0v) is 18.8. The van der Waals surface area contributed by atoms with Crippen molar-refractivity contribution >= 4 is 49.1 Å². The van der Waals surface area contributed by atoms with Gasteiger partial charge in [-0.1, -0.05) is 28.1 Å². The summed E-state index contributed by atoms with van der Waals surface area (Å²) in [6, 6.07) is 11.3. The Morgan fingerprint density at radius 1 is 1.09 bits per heavy atom.